The van der Waals surface area contributed by atoms with Gasteiger partial charge in [-0.25, -0.2) is 4.68 Å². The maximum Gasteiger partial charge on any atom is 0.259 e. The normalized spacial score (nSPS) is 10.5. The minimum atomic E-state index is -0.288. The quantitative estimate of drug-likeness (QED) is 0.496. The number of carbonyl (C=O) groups is 1. The molecule has 0 unspecified atom stereocenters. The summed E-state index contributed by atoms with van der Waals surface area (Å²) in [6.45, 7) is 0. The first-order valence-electron chi connectivity index (χ1n) is 9.04. The Kier molecular flexibility index (Phi) is 4.99. The number of rotatable bonds is 5. The van der Waals surface area contributed by atoms with Crippen LogP contribution in [0.5, 0.6) is 11.5 Å². The summed E-state index contributed by atoms with van der Waals surface area (Å²) in [5, 5.41) is 16.9. The van der Waals surface area contributed by atoms with Crippen LogP contribution in [-0.4, -0.2) is 27.9 Å². The highest BCUT2D eigenvalue weighted by Crippen LogP contribution is 2.27. The number of amides is 1. The largest absolute Gasteiger partial charge is 0.508 e. The molecule has 2 N–H and O–H groups in total. The molecule has 0 radical (unpaired) electrons. The predicted molar refractivity (Wildman–Crippen MR) is 112 cm³/mol. The number of phenolic OH excluding ortho intramolecular Hbond substituents is 1. The Hall–Kier alpha value is -4.06. The molecule has 0 atom stereocenters. The first kappa shape index (κ1) is 18.3. The predicted octanol–water partition coefficient (Wildman–Crippen LogP) is 4.51. The van der Waals surface area contributed by atoms with Crippen LogP contribution in [-0.2, 0) is 0 Å². The van der Waals surface area contributed by atoms with Crippen LogP contribution in [0.1, 0.15) is 10.4 Å². The summed E-state index contributed by atoms with van der Waals surface area (Å²) in [4.78, 5) is 13.0. The van der Waals surface area contributed by atoms with E-state index < -0.39 is 0 Å². The Morgan fingerprint density at radius 3 is 2.31 bits per heavy atom. The number of aromatic nitrogens is 2. The summed E-state index contributed by atoms with van der Waals surface area (Å²) < 4.78 is 6.91. The van der Waals surface area contributed by atoms with Gasteiger partial charge in [-0.2, -0.15) is 5.10 Å². The first-order valence-corrected chi connectivity index (χ1v) is 9.04. The van der Waals surface area contributed by atoms with E-state index in [1.54, 1.807) is 30.1 Å². The number of benzene rings is 3. The van der Waals surface area contributed by atoms with Crippen LogP contribution in [0.2, 0.25) is 0 Å². The van der Waals surface area contributed by atoms with Crippen LogP contribution >= 0.6 is 0 Å². The molecule has 1 heterocycles. The molecular formula is C23H19N3O3. The summed E-state index contributed by atoms with van der Waals surface area (Å²) in [5.41, 5.74) is 3.24. The van der Waals surface area contributed by atoms with Gasteiger partial charge in [0.05, 0.1) is 18.4 Å². The Bertz CT molecular complexity index is 1120. The minimum Gasteiger partial charge on any atom is -0.508 e. The summed E-state index contributed by atoms with van der Waals surface area (Å²) in [7, 11) is 1.61. The van der Waals surface area contributed by atoms with Gasteiger partial charge in [-0.3, -0.25) is 4.79 Å². The van der Waals surface area contributed by atoms with Crippen molar-refractivity contribution in [1.29, 1.82) is 0 Å². The summed E-state index contributed by atoms with van der Waals surface area (Å²) in [5.74, 6) is 0.578. The van der Waals surface area contributed by atoms with Crippen molar-refractivity contribution in [2.45, 2.75) is 0 Å². The first-order chi connectivity index (χ1) is 14.1. The second-order valence-corrected chi connectivity index (χ2v) is 6.40. The van der Waals surface area contributed by atoms with Gasteiger partial charge < -0.3 is 15.2 Å². The molecule has 0 fully saturated rings. The summed E-state index contributed by atoms with van der Waals surface area (Å²) >= 11 is 0. The summed E-state index contributed by atoms with van der Waals surface area (Å²) in [6.07, 6.45) is 1.71. The van der Waals surface area contributed by atoms with E-state index in [0.29, 0.717) is 16.9 Å². The SMILES string of the molecule is COc1ccc(-c2nn(-c3ccccc3)cc2C(=O)Nc2ccc(O)cc2)cc1. The fourth-order valence-corrected chi connectivity index (χ4v) is 2.96. The van der Waals surface area contributed by atoms with Gasteiger partial charge in [0.2, 0.25) is 0 Å². The fourth-order valence-electron chi connectivity index (χ4n) is 2.96. The second-order valence-electron chi connectivity index (χ2n) is 6.40. The Morgan fingerprint density at radius 1 is 0.966 bits per heavy atom. The summed E-state index contributed by atoms with van der Waals surface area (Å²) in [6, 6.07) is 23.3. The number of methoxy groups -OCH3 is 1. The zero-order chi connectivity index (χ0) is 20.2. The Labute approximate surface area is 168 Å². The van der Waals surface area contributed by atoms with E-state index in [4.69, 9.17) is 4.74 Å². The van der Waals surface area contributed by atoms with Crippen molar-refractivity contribution in [3.8, 4) is 28.4 Å². The lowest BCUT2D eigenvalue weighted by molar-refractivity contribution is 0.102. The van der Waals surface area contributed by atoms with Gasteiger partial charge in [0.1, 0.15) is 17.2 Å². The van der Waals surface area contributed by atoms with Gasteiger partial charge in [0.15, 0.2) is 0 Å². The van der Waals surface area contributed by atoms with Crippen LogP contribution in [0.4, 0.5) is 5.69 Å². The third-order valence-corrected chi connectivity index (χ3v) is 4.47. The lowest BCUT2D eigenvalue weighted by Gasteiger charge is -2.06. The standard InChI is InChI=1S/C23H19N3O3/c1-29-20-13-7-16(8-14-20)22-21(15-26(25-22)18-5-3-2-4-6-18)23(28)24-17-9-11-19(27)12-10-17/h2-15,27H,1H3,(H,24,28). The van der Waals surface area contributed by atoms with E-state index in [1.165, 1.54) is 12.1 Å². The zero-order valence-electron chi connectivity index (χ0n) is 15.7. The number of hydrogen-bond donors (Lipinski definition) is 2. The van der Waals surface area contributed by atoms with E-state index in [9.17, 15) is 9.90 Å². The topological polar surface area (TPSA) is 76.4 Å². The maximum atomic E-state index is 13.0. The number of aromatic hydroxyl groups is 1. The molecule has 0 aliphatic rings. The third kappa shape index (κ3) is 3.96. The average molecular weight is 385 g/mol. The van der Waals surface area contributed by atoms with Gasteiger partial charge in [0, 0.05) is 17.4 Å². The molecule has 0 spiro atoms. The lowest BCUT2D eigenvalue weighted by Crippen LogP contribution is -2.12. The third-order valence-electron chi connectivity index (χ3n) is 4.47. The highest BCUT2D eigenvalue weighted by molar-refractivity contribution is 6.08. The van der Waals surface area contributed by atoms with E-state index in [1.807, 2.05) is 54.6 Å². The minimum absolute atomic E-state index is 0.138. The molecule has 0 aliphatic heterocycles. The van der Waals surface area contributed by atoms with E-state index in [-0.39, 0.29) is 11.7 Å². The van der Waals surface area contributed by atoms with Crippen molar-refractivity contribution in [2.24, 2.45) is 0 Å². The van der Waals surface area contributed by atoms with Crippen molar-refractivity contribution >= 4 is 11.6 Å². The Morgan fingerprint density at radius 2 is 1.66 bits per heavy atom. The number of nitrogens with one attached hydrogen (secondary N) is 1. The van der Waals surface area contributed by atoms with Gasteiger partial charge in [-0.15, -0.1) is 0 Å². The number of hydrogen-bond acceptors (Lipinski definition) is 4. The number of phenols is 1. The number of anilines is 1. The van der Waals surface area contributed by atoms with Crippen molar-refractivity contribution in [1.82, 2.24) is 9.78 Å². The number of nitrogens with zero attached hydrogens (tertiary/aromatic N) is 2. The number of carbonyl (C=O) groups excluding carboxylic acids is 1. The highest BCUT2D eigenvalue weighted by Gasteiger charge is 2.19. The van der Waals surface area contributed by atoms with Gasteiger partial charge in [0.25, 0.3) is 5.91 Å². The molecule has 0 bridgehead atoms. The molecule has 0 saturated carbocycles. The van der Waals surface area contributed by atoms with E-state index in [2.05, 4.69) is 10.4 Å². The van der Waals surface area contributed by atoms with Gasteiger partial charge >= 0.3 is 0 Å². The maximum absolute atomic E-state index is 13.0. The van der Waals surface area contributed by atoms with Crippen LogP contribution < -0.4 is 10.1 Å². The molecule has 3 aromatic carbocycles. The Balaban J connectivity index is 1.74. The molecular weight excluding hydrogens is 366 g/mol. The second kappa shape index (κ2) is 7.90. The van der Waals surface area contributed by atoms with Gasteiger partial charge in [-0.1, -0.05) is 18.2 Å². The average Bonchev–Trinajstić information content (AvgIpc) is 3.22. The molecule has 6 heteroatoms. The molecule has 0 aliphatic carbocycles. The highest BCUT2D eigenvalue weighted by atomic mass is 16.5. The smallest absolute Gasteiger partial charge is 0.259 e. The lowest BCUT2D eigenvalue weighted by atomic mass is 10.1. The number of ether oxygens (including phenoxy) is 1. The van der Waals surface area contributed by atoms with Crippen LogP contribution in [0, 0.1) is 0 Å². The number of para-hydroxylation sites is 1. The van der Waals surface area contributed by atoms with Crippen LogP contribution in [0.25, 0.3) is 16.9 Å². The molecule has 144 valence electrons. The molecule has 6 nitrogen and oxygen atoms in total. The van der Waals surface area contributed by atoms with Crippen LogP contribution in [0.3, 0.4) is 0 Å². The van der Waals surface area contributed by atoms with Crippen molar-refractivity contribution in [3.05, 3.63) is 90.6 Å². The van der Waals surface area contributed by atoms with Crippen molar-refractivity contribution < 1.29 is 14.6 Å². The fraction of sp³-hybridized carbons (Fsp3) is 0.0435. The van der Waals surface area contributed by atoms with E-state index >= 15 is 0 Å². The monoisotopic (exact) mass is 385 g/mol. The van der Waals surface area contributed by atoms with E-state index in [0.717, 1.165) is 17.0 Å². The molecule has 29 heavy (non-hydrogen) atoms. The van der Waals surface area contributed by atoms with Gasteiger partial charge in [-0.05, 0) is 60.7 Å². The molecule has 4 rings (SSSR count). The van der Waals surface area contributed by atoms with Crippen molar-refractivity contribution in [2.75, 3.05) is 12.4 Å². The zero-order valence-corrected chi connectivity index (χ0v) is 15.7. The molecule has 4 aromatic rings. The molecule has 0 saturated heterocycles. The molecule has 1 aromatic heterocycles. The van der Waals surface area contributed by atoms with Crippen LogP contribution in [0.15, 0.2) is 85.1 Å². The van der Waals surface area contributed by atoms with Crippen molar-refractivity contribution in [3.63, 3.8) is 0 Å². The molecule has 1 amide bonds.